The summed E-state index contributed by atoms with van der Waals surface area (Å²) >= 11 is 0. The normalized spacial score (nSPS) is 14.3. The zero-order chi connectivity index (χ0) is 7.82. The van der Waals surface area contributed by atoms with E-state index in [1.165, 1.54) is 12.8 Å². The summed E-state index contributed by atoms with van der Waals surface area (Å²) in [5.74, 6) is 0.393. The largest absolute Gasteiger partial charge is 0.396 e. The second kappa shape index (κ2) is 6.81. The Hall–Kier alpha value is -0.300. The summed E-state index contributed by atoms with van der Waals surface area (Å²) in [4.78, 5) is 0. The van der Waals surface area contributed by atoms with Crippen molar-refractivity contribution in [2.45, 2.75) is 33.1 Å². The van der Waals surface area contributed by atoms with Gasteiger partial charge < -0.3 is 5.11 Å². The van der Waals surface area contributed by atoms with Crippen LogP contribution < -0.4 is 0 Å². The molecule has 0 fully saturated rings. The highest BCUT2D eigenvalue weighted by molar-refractivity contribution is 4.84. The van der Waals surface area contributed by atoms with Crippen molar-refractivity contribution in [3.05, 3.63) is 12.2 Å². The van der Waals surface area contributed by atoms with Gasteiger partial charge in [0.05, 0.1) is 0 Å². The van der Waals surface area contributed by atoms with Gasteiger partial charge in [0, 0.05) is 6.61 Å². The van der Waals surface area contributed by atoms with E-state index in [0.717, 1.165) is 6.42 Å². The molecule has 0 heterocycles. The molecule has 0 aromatic heterocycles. The molecule has 0 saturated carbocycles. The summed E-state index contributed by atoms with van der Waals surface area (Å²) in [7, 11) is 0. The lowest BCUT2D eigenvalue weighted by atomic mass is 10.0. The average Bonchev–Trinajstić information content (AvgIpc) is 1.98. The van der Waals surface area contributed by atoms with E-state index < -0.39 is 0 Å². The van der Waals surface area contributed by atoms with Gasteiger partial charge in [-0.2, -0.15) is 0 Å². The third kappa shape index (κ3) is 4.57. The zero-order valence-corrected chi connectivity index (χ0v) is 7.01. The molecule has 0 amide bonds. The predicted molar refractivity (Wildman–Crippen MR) is 44.9 cm³/mol. The molecule has 0 saturated heterocycles. The molecule has 10 heavy (non-hydrogen) atoms. The van der Waals surface area contributed by atoms with Crippen LogP contribution in [0, 0.1) is 5.92 Å². The van der Waals surface area contributed by atoms with Crippen LogP contribution in [-0.4, -0.2) is 11.7 Å². The topological polar surface area (TPSA) is 20.2 Å². The maximum Gasteiger partial charge on any atom is 0.0493 e. The number of rotatable bonds is 5. The van der Waals surface area contributed by atoms with E-state index in [2.05, 4.69) is 13.0 Å². The monoisotopic (exact) mass is 142 g/mol. The summed E-state index contributed by atoms with van der Waals surface area (Å²) < 4.78 is 0. The molecule has 0 aliphatic heterocycles. The first-order valence-electron chi connectivity index (χ1n) is 4.08. The maximum atomic E-state index is 8.83. The van der Waals surface area contributed by atoms with Crippen molar-refractivity contribution in [1.82, 2.24) is 0 Å². The Bertz CT molecular complexity index is 86.7. The quantitative estimate of drug-likeness (QED) is 0.584. The lowest BCUT2D eigenvalue weighted by molar-refractivity contribution is 0.244. The lowest BCUT2D eigenvalue weighted by Crippen LogP contribution is -2.01. The minimum atomic E-state index is 0.296. The van der Waals surface area contributed by atoms with Crippen LogP contribution in [0.3, 0.4) is 0 Å². The minimum Gasteiger partial charge on any atom is -0.396 e. The van der Waals surface area contributed by atoms with Crippen LogP contribution >= 0.6 is 0 Å². The molecule has 0 bridgehead atoms. The Morgan fingerprint density at radius 2 is 2.20 bits per heavy atom. The van der Waals surface area contributed by atoms with Gasteiger partial charge in [0.1, 0.15) is 0 Å². The van der Waals surface area contributed by atoms with Crippen LogP contribution in [-0.2, 0) is 0 Å². The first-order valence-corrected chi connectivity index (χ1v) is 4.08. The smallest absolute Gasteiger partial charge is 0.0493 e. The predicted octanol–water partition coefficient (Wildman–Crippen LogP) is 2.36. The molecule has 60 valence electrons. The van der Waals surface area contributed by atoms with Gasteiger partial charge in [-0.15, -0.1) is 0 Å². The molecule has 0 aromatic rings. The first kappa shape index (κ1) is 9.70. The SMILES string of the molecule is C/C=C\C(CO)CCCC. The van der Waals surface area contributed by atoms with Crippen LogP contribution in [0.2, 0.25) is 0 Å². The Morgan fingerprint density at radius 3 is 2.60 bits per heavy atom. The van der Waals surface area contributed by atoms with Crippen LogP contribution in [0.1, 0.15) is 33.1 Å². The lowest BCUT2D eigenvalue weighted by Gasteiger charge is -2.06. The molecule has 1 unspecified atom stereocenters. The van der Waals surface area contributed by atoms with E-state index in [1.54, 1.807) is 0 Å². The van der Waals surface area contributed by atoms with E-state index in [-0.39, 0.29) is 0 Å². The fraction of sp³-hybridized carbons (Fsp3) is 0.778. The second-order valence-corrected chi connectivity index (χ2v) is 2.61. The number of hydrogen-bond donors (Lipinski definition) is 1. The van der Waals surface area contributed by atoms with E-state index in [1.807, 2.05) is 13.0 Å². The van der Waals surface area contributed by atoms with E-state index in [9.17, 15) is 0 Å². The Kier molecular flexibility index (Phi) is 6.61. The number of aliphatic hydroxyl groups excluding tert-OH is 1. The molecule has 0 spiro atoms. The van der Waals surface area contributed by atoms with Crippen molar-refractivity contribution >= 4 is 0 Å². The second-order valence-electron chi connectivity index (χ2n) is 2.61. The molecule has 1 heteroatoms. The molecular formula is C9H18O. The van der Waals surface area contributed by atoms with Crippen molar-refractivity contribution in [2.24, 2.45) is 5.92 Å². The standard InChI is InChI=1S/C9H18O/c1-3-5-7-9(8-10)6-4-2/h4,6,9-10H,3,5,7-8H2,1-2H3/b6-4-. The van der Waals surface area contributed by atoms with Gasteiger partial charge in [0.15, 0.2) is 0 Å². The zero-order valence-electron chi connectivity index (χ0n) is 7.01. The Labute approximate surface area is 63.8 Å². The van der Waals surface area contributed by atoms with Crippen LogP contribution in [0.5, 0.6) is 0 Å². The van der Waals surface area contributed by atoms with Gasteiger partial charge >= 0.3 is 0 Å². The number of unbranched alkanes of at least 4 members (excludes halogenated alkanes) is 1. The molecule has 1 atom stereocenters. The van der Waals surface area contributed by atoms with Gasteiger partial charge in [-0.1, -0.05) is 31.9 Å². The summed E-state index contributed by atoms with van der Waals surface area (Å²) in [5.41, 5.74) is 0. The van der Waals surface area contributed by atoms with Crippen LogP contribution in [0.4, 0.5) is 0 Å². The summed E-state index contributed by atoms with van der Waals surface area (Å²) in [6.07, 6.45) is 7.65. The first-order chi connectivity index (χ1) is 4.85. The fourth-order valence-corrected chi connectivity index (χ4v) is 0.987. The Balaban J connectivity index is 3.39. The number of hydrogen-bond acceptors (Lipinski definition) is 1. The molecule has 1 nitrogen and oxygen atoms in total. The van der Waals surface area contributed by atoms with Gasteiger partial charge in [-0.25, -0.2) is 0 Å². The Morgan fingerprint density at radius 1 is 1.50 bits per heavy atom. The number of allylic oxidation sites excluding steroid dienone is 1. The molecule has 1 N–H and O–H groups in total. The maximum absolute atomic E-state index is 8.83. The molecule has 0 aliphatic rings. The van der Waals surface area contributed by atoms with Crippen molar-refractivity contribution in [3.8, 4) is 0 Å². The fourth-order valence-electron chi connectivity index (χ4n) is 0.987. The van der Waals surface area contributed by atoms with Gasteiger partial charge in [0.25, 0.3) is 0 Å². The van der Waals surface area contributed by atoms with E-state index in [4.69, 9.17) is 5.11 Å². The van der Waals surface area contributed by atoms with Crippen LogP contribution in [0.25, 0.3) is 0 Å². The van der Waals surface area contributed by atoms with Gasteiger partial charge in [0.2, 0.25) is 0 Å². The number of aliphatic hydroxyl groups is 1. The van der Waals surface area contributed by atoms with Crippen molar-refractivity contribution in [3.63, 3.8) is 0 Å². The van der Waals surface area contributed by atoms with Crippen molar-refractivity contribution in [2.75, 3.05) is 6.61 Å². The average molecular weight is 142 g/mol. The molecular weight excluding hydrogens is 124 g/mol. The minimum absolute atomic E-state index is 0.296. The van der Waals surface area contributed by atoms with Crippen molar-refractivity contribution in [1.29, 1.82) is 0 Å². The summed E-state index contributed by atoms with van der Waals surface area (Å²) in [6.45, 7) is 4.46. The highest BCUT2D eigenvalue weighted by Crippen LogP contribution is 2.08. The highest BCUT2D eigenvalue weighted by atomic mass is 16.3. The van der Waals surface area contributed by atoms with Gasteiger partial charge in [-0.3, -0.25) is 0 Å². The molecule has 0 rings (SSSR count). The van der Waals surface area contributed by atoms with E-state index in [0.29, 0.717) is 12.5 Å². The van der Waals surface area contributed by atoms with Crippen molar-refractivity contribution < 1.29 is 5.11 Å². The van der Waals surface area contributed by atoms with E-state index >= 15 is 0 Å². The molecule has 0 aliphatic carbocycles. The summed E-state index contributed by atoms with van der Waals surface area (Å²) in [6, 6.07) is 0. The highest BCUT2D eigenvalue weighted by Gasteiger charge is 1.99. The molecule has 0 radical (unpaired) electrons. The molecule has 0 aromatic carbocycles. The third-order valence-corrected chi connectivity index (χ3v) is 1.63. The third-order valence-electron chi connectivity index (χ3n) is 1.63. The van der Waals surface area contributed by atoms with Gasteiger partial charge in [-0.05, 0) is 19.3 Å². The van der Waals surface area contributed by atoms with Crippen LogP contribution in [0.15, 0.2) is 12.2 Å². The summed E-state index contributed by atoms with van der Waals surface area (Å²) in [5, 5.41) is 8.83.